The van der Waals surface area contributed by atoms with Crippen molar-refractivity contribution in [3.63, 3.8) is 0 Å². The van der Waals surface area contributed by atoms with Crippen molar-refractivity contribution in [1.29, 1.82) is 0 Å². The van der Waals surface area contributed by atoms with Crippen molar-refractivity contribution in [3.8, 4) is 0 Å². The van der Waals surface area contributed by atoms with E-state index in [4.69, 9.17) is 5.73 Å². The zero-order valence-corrected chi connectivity index (χ0v) is 12.0. The van der Waals surface area contributed by atoms with Crippen LogP contribution in [0, 0.1) is 12.7 Å². The maximum absolute atomic E-state index is 12.9. The highest BCUT2D eigenvalue weighted by molar-refractivity contribution is 7.99. The summed E-state index contributed by atoms with van der Waals surface area (Å²) in [5, 5.41) is 2.93. The van der Waals surface area contributed by atoms with E-state index < -0.39 is 5.82 Å². The summed E-state index contributed by atoms with van der Waals surface area (Å²) in [6, 6.07) is 5.09. The summed E-state index contributed by atoms with van der Waals surface area (Å²) in [5.41, 5.74) is 6.39. The zero-order chi connectivity index (χ0) is 15.4. The Balaban J connectivity index is 1.97. The van der Waals surface area contributed by atoms with Crippen LogP contribution >= 0.6 is 11.8 Å². The minimum absolute atomic E-state index is 0.0449. The Labute approximate surface area is 124 Å². The van der Waals surface area contributed by atoms with Crippen LogP contribution in [0.15, 0.2) is 34.2 Å². The van der Waals surface area contributed by atoms with E-state index in [2.05, 4.69) is 15.3 Å². The molecular weight excluding hydrogens is 295 g/mol. The monoisotopic (exact) mass is 308 g/mol. The van der Waals surface area contributed by atoms with Crippen LogP contribution < -0.4 is 16.6 Å². The quantitative estimate of drug-likeness (QED) is 0.452. The van der Waals surface area contributed by atoms with Crippen molar-refractivity contribution < 1.29 is 9.18 Å². The number of anilines is 2. The Hall–Kier alpha value is -2.35. The minimum Gasteiger partial charge on any atom is -0.397 e. The van der Waals surface area contributed by atoms with Crippen molar-refractivity contribution in [1.82, 2.24) is 9.97 Å². The molecule has 1 aromatic heterocycles. The largest absolute Gasteiger partial charge is 0.397 e. The Kier molecular flexibility index (Phi) is 4.59. The van der Waals surface area contributed by atoms with Crippen molar-refractivity contribution in [2.75, 3.05) is 16.8 Å². The van der Waals surface area contributed by atoms with E-state index in [0.29, 0.717) is 16.5 Å². The summed E-state index contributed by atoms with van der Waals surface area (Å²) in [4.78, 5) is 29.7. The van der Waals surface area contributed by atoms with Crippen molar-refractivity contribution in [2.45, 2.75) is 12.1 Å². The molecule has 2 aromatic rings. The number of nitrogens with one attached hydrogen (secondary N) is 2. The molecule has 0 aliphatic carbocycles. The molecule has 0 aliphatic rings. The first-order valence-corrected chi connectivity index (χ1v) is 6.98. The summed E-state index contributed by atoms with van der Waals surface area (Å²) < 4.78 is 12.9. The Morgan fingerprint density at radius 2 is 2.24 bits per heavy atom. The maximum atomic E-state index is 12.9. The van der Waals surface area contributed by atoms with Gasteiger partial charge in [0.05, 0.1) is 17.1 Å². The predicted octanol–water partition coefficient (Wildman–Crippen LogP) is 1.53. The highest BCUT2D eigenvalue weighted by Gasteiger charge is 2.08. The number of H-pyrrole nitrogens is 1. The third kappa shape index (κ3) is 4.32. The molecule has 2 rings (SSSR count). The second-order valence-corrected chi connectivity index (χ2v) is 5.22. The number of nitrogen functional groups attached to an aromatic ring is 1. The van der Waals surface area contributed by atoms with Crippen LogP contribution in [0.5, 0.6) is 0 Å². The number of carbonyl (C=O) groups excluding carboxylic acids is 1. The highest BCUT2D eigenvalue weighted by Crippen LogP contribution is 2.20. The number of hydrogen-bond donors (Lipinski definition) is 3. The van der Waals surface area contributed by atoms with Gasteiger partial charge in [0.15, 0.2) is 5.16 Å². The van der Waals surface area contributed by atoms with Gasteiger partial charge in [0, 0.05) is 11.8 Å². The first-order valence-electron chi connectivity index (χ1n) is 5.99. The van der Waals surface area contributed by atoms with Gasteiger partial charge in [0.1, 0.15) is 5.82 Å². The van der Waals surface area contributed by atoms with E-state index in [9.17, 15) is 14.0 Å². The molecule has 0 radical (unpaired) electrons. The molecule has 110 valence electrons. The van der Waals surface area contributed by atoms with Crippen LogP contribution in [-0.2, 0) is 4.79 Å². The van der Waals surface area contributed by atoms with Gasteiger partial charge in [-0.2, -0.15) is 0 Å². The van der Waals surface area contributed by atoms with Gasteiger partial charge in [0.25, 0.3) is 5.56 Å². The van der Waals surface area contributed by atoms with Gasteiger partial charge in [-0.05, 0) is 25.1 Å². The van der Waals surface area contributed by atoms with Gasteiger partial charge in [0.2, 0.25) is 5.91 Å². The lowest BCUT2D eigenvalue weighted by Crippen LogP contribution is -2.16. The van der Waals surface area contributed by atoms with E-state index in [-0.39, 0.29) is 22.9 Å². The fourth-order valence-corrected chi connectivity index (χ4v) is 2.31. The molecule has 0 bridgehead atoms. The number of aromatic amines is 1. The van der Waals surface area contributed by atoms with E-state index >= 15 is 0 Å². The predicted molar refractivity (Wildman–Crippen MR) is 79.8 cm³/mol. The zero-order valence-electron chi connectivity index (χ0n) is 11.1. The second-order valence-electron chi connectivity index (χ2n) is 4.26. The second kappa shape index (κ2) is 6.40. The first kappa shape index (κ1) is 15.0. The number of amides is 1. The van der Waals surface area contributed by atoms with Crippen molar-refractivity contribution in [3.05, 3.63) is 46.1 Å². The molecule has 1 aromatic carbocycles. The van der Waals surface area contributed by atoms with Gasteiger partial charge in [-0.15, -0.1) is 0 Å². The molecule has 6 nitrogen and oxygen atoms in total. The molecule has 8 heteroatoms. The van der Waals surface area contributed by atoms with Gasteiger partial charge in [-0.1, -0.05) is 11.8 Å². The average Bonchev–Trinajstić information content (AvgIpc) is 2.39. The molecule has 0 atom stereocenters. The maximum Gasteiger partial charge on any atom is 0.251 e. The number of nitrogens with zero attached hydrogens (tertiary/aromatic N) is 1. The van der Waals surface area contributed by atoms with Crippen LogP contribution in [0.1, 0.15) is 5.69 Å². The van der Waals surface area contributed by atoms with Gasteiger partial charge < -0.3 is 16.0 Å². The number of aryl methyl sites for hydroxylation is 1. The number of aromatic nitrogens is 2. The van der Waals surface area contributed by atoms with Crippen LogP contribution in [0.4, 0.5) is 15.8 Å². The van der Waals surface area contributed by atoms with Crippen LogP contribution in [0.2, 0.25) is 0 Å². The third-order valence-corrected chi connectivity index (χ3v) is 3.35. The fraction of sp³-hybridized carbons (Fsp3) is 0.154. The number of carbonyl (C=O) groups is 1. The van der Waals surface area contributed by atoms with Crippen LogP contribution in [-0.4, -0.2) is 21.6 Å². The normalized spacial score (nSPS) is 10.4. The molecule has 1 heterocycles. The lowest BCUT2D eigenvalue weighted by Gasteiger charge is -2.07. The number of halogens is 1. The Bertz CT molecular complexity index is 732. The highest BCUT2D eigenvalue weighted by atomic mass is 32.2. The number of hydrogen-bond acceptors (Lipinski definition) is 5. The van der Waals surface area contributed by atoms with Gasteiger partial charge in [-0.3, -0.25) is 9.59 Å². The molecule has 0 aliphatic heterocycles. The molecule has 0 saturated heterocycles. The molecule has 0 saturated carbocycles. The van der Waals surface area contributed by atoms with Gasteiger partial charge >= 0.3 is 0 Å². The first-order chi connectivity index (χ1) is 9.94. The lowest BCUT2D eigenvalue weighted by atomic mass is 10.2. The van der Waals surface area contributed by atoms with Crippen LogP contribution in [0.25, 0.3) is 0 Å². The molecule has 1 amide bonds. The summed E-state index contributed by atoms with van der Waals surface area (Å²) >= 11 is 1.09. The molecular formula is C13H13FN4O2S. The lowest BCUT2D eigenvalue weighted by molar-refractivity contribution is -0.113. The summed E-state index contributed by atoms with van der Waals surface area (Å²) in [6.07, 6.45) is 0. The van der Waals surface area contributed by atoms with E-state index in [0.717, 1.165) is 17.8 Å². The Morgan fingerprint density at radius 1 is 1.48 bits per heavy atom. The summed E-state index contributed by atoms with van der Waals surface area (Å²) in [6.45, 7) is 1.69. The Morgan fingerprint density at radius 3 is 2.90 bits per heavy atom. The summed E-state index contributed by atoms with van der Waals surface area (Å²) in [7, 11) is 0. The third-order valence-electron chi connectivity index (χ3n) is 2.48. The standard InChI is InChI=1S/C13H13FN4O2S/c1-7-4-11(19)18-13(16-7)21-6-12(20)17-10-3-2-8(14)5-9(10)15/h2-5H,6,15H2,1H3,(H,17,20)(H,16,18,19). The minimum atomic E-state index is -0.471. The average molecular weight is 308 g/mol. The van der Waals surface area contributed by atoms with Gasteiger partial charge in [-0.25, -0.2) is 9.37 Å². The SMILES string of the molecule is Cc1cc(=O)[nH]c(SCC(=O)Nc2ccc(F)cc2N)n1. The molecule has 0 spiro atoms. The molecule has 21 heavy (non-hydrogen) atoms. The van der Waals surface area contributed by atoms with Crippen molar-refractivity contribution in [2.24, 2.45) is 0 Å². The smallest absolute Gasteiger partial charge is 0.251 e. The number of benzene rings is 1. The number of nitrogens with two attached hydrogens (primary N) is 1. The van der Waals surface area contributed by atoms with E-state index in [1.807, 2.05) is 0 Å². The topological polar surface area (TPSA) is 101 Å². The fourth-order valence-electron chi connectivity index (χ4n) is 1.59. The van der Waals surface area contributed by atoms with E-state index in [1.165, 1.54) is 18.2 Å². The number of thioether (sulfide) groups is 1. The van der Waals surface area contributed by atoms with E-state index in [1.54, 1.807) is 6.92 Å². The summed E-state index contributed by atoms with van der Waals surface area (Å²) in [5.74, 6) is -0.757. The van der Waals surface area contributed by atoms with Crippen molar-refractivity contribution >= 4 is 29.0 Å². The number of rotatable bonds is 4. The molecule has 0 unspecified atom stereocenters. The molecule has 4 N–H and O–H groups in total. The molecule has 0 fully saturated rings. The van der Waals surface area contributed by atoms with Crippen LogP contribution in [0.3, 0.4) is 0 Å².